The van der Waals surface area contributed by atoms with E-state index in [0.29, 0.717) is 5.82 Å². The van der Waals surface area contributed by atoms with Gasteiger partial charge in [-0.05, 0) is 30.2 Å². The zero-order chi connectivity index (χ0) is 21.4. The second kappa shape index (κ2) is 8.70. The monoisotopic (exact) mass is 497 g/mol. The van der Waals surface area contributed by atoms with E-state index in [0.717, 1.165) is 52.6 Å². The number of aromatic nitrogens is 3. The quantitative estimate of drug-likeness (QED) is 0.440. The van der Waals surface area contributed by atoms with Crippen LogP contribution in [-0.4, -0.2) is 55.7 Å². The zero-order valence-electron chi connectivity index (χ0n) is 17.3. The molecule has 31 heavy (non-hydrogen) atoms. The molecule has 1 aliphatic rings. The van der Waals surface area contributed by atoms with E-state index >= 15 is 0 Å². The van der Waals surface area contributed by atoms with Gasteiger partial charge in [-0.2, -0.15) is 4.52 Å². The van der Waals surface area contributed by atoms with Crippen LogP contribution in [0, 0.1) is 6.92 Å². The summed E-state index contributed by atoms with van der Waals surface area (Å²) in [6.07, 6.45) is 0. The number of aromatic hydroxyl groups is 1. The van der Waals surface area contributed by atoms with Gasteiger partial charge in [-0.15, -0.1) is 5.10 Å². The fourth-order valence-electron chi connectivity index (χ4n) is 4.22. The lowest BCUT2D eigenvalue weighted by molar-refractivity contribution is 0.105. The van der Waals surface area contributed by atoms with E-state index < -0.39 is 0 Å². The van der Waals surface area contributed by atoms with E-state index in [9.17, 15) is 5.11 Å². The van der Waals surface area contributed by atoms with Gasteiger partial charge < -0.3 is 5.11 Å². The lowest BCUT2D eigenvalue weighted by Gasteiger charge is -2.39. The van der Waals surface area contributed by atoms with Crippen LogP contribution in [0.4, 0.5) is 0 Å². The lowest BCUT2D eigenvalue weighted by Crippen LogP contribution is -2.47. The van der Waals surface area contributed by atoms with Gasteiger partial charge in [-0.1, -0.05) is 69.7 Å². The van der Waals surface area contributed by atoms with Crippen LogP contribution in [0.2, 0.25) is 0 Å². The van der Waals surface area contributed by atoms with E-state index in [1.807, 2.05) is 6.92 Å². The zero-order valence-corrected chi connectivity index (χ0v) is 19.7. The molecule has 1 N–H and O–H groups in total. The Morgan fingerprint density at radius 3 is 2.42 bits per heavy atom. The predicted molar refractivity (Wildman–Crippen MR) is 127 cm³/mol. The number of hydrogen-bond donors (Lipinski definition) is 1. The molecule has 2 aromatic heterocycles. The van der Waals surface area contributed by atoms with Crippen molar-refractivity contribution >= 4 is 32.2 Å². The number of piperazine rings is 1. The van der Waals surface area contributed by atoms with Gasteiger partial charge in [-0.25, -0.2) is 4.98 Å². The third-order valence-corrected chi connectivity index (χ3v) is 7.36. The van der Waals surface area contributed by atoms with Gasteiger partial charge >= 0.3 is 0 Å². The summed E-state index contributed by atoms with van der Waals surface area (Å²) < 4.78 is 2.61. The van der Waals surface area contributed by atoms with Gasteiger partial charge in [0.15, 0.2) is 0 Å². The molecule has 4 aromatic rings. The summed E-state index contributed by atoms with van der Waals surface area (Å²) in [5.41, 5.74) is 2.51. The van der Waals surface area contributed by atoms with Crippen LogP contribution in [0.3, 0.4) is 0 Å². The average molecular weight is 498 g/mol. The highest BCUT2D eigenvalue weighted by molar-refractivity contribution is 9.10. The minimum atomic E-state index is -0.0271. The van der Waals surface area contributed by atoms with Crippen molar-refractivity contribution in [1.82, 2.24) is 24.4 Å². The SMILES string of the molecule is Cc1nc2sc([C@H](c3ccc(Br)cc3)N3CCN(Cc4ccccc4)CC3)c(O)n2n1. The van der Waals surface area contributed by atoms with E-state index in [2.05, 4.69) is 90.4 Å². The predicted octanol–water partition coefficient (Wildman–Crippen LogP) is 4.47. The Morgan fingerprint density at radius 2 is 1.74 bits per heavy atom. The average Bonchev–Trinajstić information content (AvgIpc) is 3.29. The Labute approximate surface area is 193 Å². The Morgan fingerprint density at radius 1 is 1.03 bits per heavy atom. The molecule has 0 saturated carbocycles. The van der Waals surface area contributed by atoms with Crippen molar-refractivity contribution in [1.29, 1.82) is 0 Å². The lowest BCUT2D eigenvalue weighted by atomic mass is 10.0. The molecule has 1 fully saturated rings. The molecule has 0 radical (unpaired) electrons. The van der Waals surface area contributed by atoms with E-state index in [1.54, 1.807) is 4.52 Å². The van der Waals surface area contributed by atoms with Gasteiger partial charge in [0.1, 0.15) is 5.82 Å². The van der Waals surface area contributed by atoms with Gasteiger partial charge in [0.25, 0.3) is 0 Å². The van der Waals surface area contributed by atoms with Crippen LogP contribution in [0.5, 0.6) is 5.88 Å². The van der Waals surface area contributed by atoms with Crippen LogP contribution in [0.25, 0.3) is 4.96 Å². The van der Waals surface area contributed by atoms with Crippen molar-refractivity contribution < 1.29 is 5.11 Å². The van der Waals surface area contributed by atoms with Crippen molar-refractivity contribution in [2.75, 3.05) is 26.2 Å². The first-order chi connectivity index (χ1) is 15.1. The third-order valence-electron chi connectivity index (χ3n) is 5.76. The number of thiazole rings is 1. The topological polar surface area (TPSA) is 56.9 Å². The summed E-state index contributed by atoms with van der Waals surface area (Å²) in [5.74, 6) is 0.864. The number of halogens is 1. The largest absolute Gasteiger partial charge is 0.492 e. The molecular weight excluding hydrogens is 474 g/mol. The maximum atomic E-state index is 11.0. The van der Waals surface area contributed by atoms with Gasteiger partial charge in [0.05, 0.1) is 10.9 Å². The highest BCUT2D eigenvalue weighted by Gasteiger charge is 2.31. The van der Waals surface area contributed by atoms with Crippen LogP contribution in [-0.2, 0) is 6.54 Å². The Balaban J connectivity index is 1.42. The molecule has 160 valence electrons. The Kier molecular flexibility index (Phi) is 5.79. The third kappa shape index (κ3) is 4.25. The van der Waals surface area contributed by atoms with Crippen molar-refractivity contribution in [2.24, 2.45) is 0 Å². The maximum absolute atomic E-state index is 11.0. The minimum absolute atomic E-state index is 0.0271. The summed E-state index contributed by atoms with van der Waals surface area (Å²) in [6.45, 7) is 6.65. The molecule has 0 spiro atoms. The van der Waals surface area contributed by atoms with Crippen molar-refractivity contribution in [3.63, 3.8) is 0 Å². The fourth-order valence-corrected chi connectivity index (χ4v) is 5.65. The number of hydrogen-bond acceptors (Lipinski definition) is 6. The summed E-state index contributed by atoms with van der Waals surface area (Å²) >= 11 is 5.06. The molecule has 0 amide bonds. The Bertz CT molecular complexity index is 1170. The second-order valence-corrected chi connectivity index (χ2v) is 9.82. The molecule has 3 heterocycles. The number of aryl methyl sites for hydroxylation is 1. The van der Waals surface area contributed by atoms with Crippen LogP contribution < -0.4 is 0 Å². The van der Waals surface area contributed by atoms with Gasteiger partial charge in [0.2, 0.25) is 10.8 Å². The molecule has 1 saturated heterocycles. The molecular formula is C23H24BrN5OS. The van der Waals surface area contributed by atoms with Gasteiger partial charge in [0, 0.05) is 37.2 Å². The number of fused-ring (bicyclic) bond motifs is 1. The van der Waals surface area contributed by atoms with Crippen LogP contribution in [0.1, 0.15) is 27.9 Å². The first-order valence-corrected chi connectivity index (χ1v) is 12.0. The number of benzene rings is 2. The van der Waals surface area contributed by atoms with E-state index in [-0.39, 0.29) is 11.9 Å². The van der Waals surface area contributed by atoms with Crippen LogP contribution >= 0.6 is 27.3 Å². The van der Waals surface area contributed by atoms with Crippen LogP contribution in [0.15, 0.2) is 59.1 Å². The maximum Gasteiger partial charge on any atom is 0.230 e. The van der Waals surface area contributed by atoms with Crippen molar-refractivity contribution in [3.8, 4) is 5.88 Å². The highest BCUT2D eigenvalue weighted by atomic mass is 79.9. The number of rotatable bonds is 5. The highest BCUT2D eigenvalue weighted by Crippen LogP contribution is 2.40. The van der Waals surface area contributed by atoms with Crippen molar-refractivity contribution in [3.05, 3.63) is 80.9 Å². The smallest absolute Gasteiger partial charge is 0.230 e. The van der Waals surface area contributed by atoms with Gasteiger partial charge in [-0.3, -0.25) is 9.80 Å². The summed E-state index contributed by atoms with van der Waals surface area (Å²) in [4.78, 5) is 11.1. The number of nitrogens with zero attached hydrogens (tertiary/aromatic N) is 5. The molecule has 0 bridgehead atoms. The molecule has 0 aliphatic carbocycles. The first-order valence-electron chi connectivity index (χ1n) is 10.4. The summed E-state index contributed by atoms with van der Waals surface area (Å²) in [7, 11) is 0. The Hall–Kier alpha value is -2.26. The van der Waals surface area contributed by atoms with E-state index in [4.69, 9.17) is 0 Å². The molecule has 6 nitrogen and oxygen atoms in total. The normalized spacial score (nSPS) is 16.7. The molecule has 1 atom stereocenters. The van der Waals surface area contributed by atoms with E-state index in [1.165, 1.54) is 16.9 Å². The van der Waals surface area contributed by atoms with Crippen molar-refractivity contribution in [2.45, 2.75) is 19.5 Å². The molecule has 1 aliphatic heterocycles. The summed E-state index contributed by atoms with van der Waals surface area (Å²) in [5, 5.41) is 15.4. The summed E-state index contributed by atoms with van der Waals surface area (Å²) in [6, 6.07) is 19.0. The molecule has 0 unspecified atom stereocenters. The molecule has 8 heteroatoms. The molecule has 2 aromatic carbocycles. The minimum Gasteiger partial charge on any atom is -0.492 e. The standard InChI is InChI=1S/C23H24BrN5OS/c1-16-25-23-29(26-16)22(30)21(31-23)20(18-7-9-19(24)10-8-18)28-13-11-27(12-14-28)15-17-5-3-2-4-6-17/h2-10,20,30H,11-15H2,1H3/t20-/m0/s1. The molecule has 5 rings (SSSR count). The second-order valence-electron chi connectivity index (χ2n) is 7.90. The first kappa shape index (κ1) is 20.6. The fraction of sp³-hybridized carbons (Fsp3) is 0.304.